The standard InChI is InChI=1S/C19H36O3/c1-3-4-5-6-7-8-9-10-11-12-13-17-14-15-18(22-17)16-19(20)21-2/h17-18H,3-16H2,1-2H3/t17-,18+/m0/s1. The van der Waals surface area contributed by atoms with Crippen LogP contribution >= 0.6 is 0 Å². The lowest BCUT2D eigenvalue weighted by Gasteiger charge is -2.12. The molecule has 1 rings (SSSR count). The van der Waals surface area contributed by atoms with Gasteiger partial charge in [-0.15, -0.1) is 0 Å². The molecule has 1 aliphatic rings. The summed E-state index contributed by atoms with van der Waals surface area (Å²) in [7, 11) is 1.44. The van der Waals surface area contributed by atoms with Crippen molar-refractivity contribution in [3.8, 4) is 0 Å². The molecule has 2 atom stereocenters. The summed E-state index contributed by atoms with van der Waals surface area (Å²) in [6, 6.07) is 0. The lowest BCUT2D eigenvalue weighted by molar-refractivity contribution is -0.143. The van der Waals surface area contributed by atoms with Crippen molar-refractivity contribution in [2.75, 3.05) is 7.11 Å². The highest BCUT2D eigenvalue weighted by molar-refractivity contribution is 5.69. The van der Waals surface area contributed by atoms with Crippen molar-refractivity contribution in [1.29, 1.82) is 0 Å². The number of carbonyl (C=O) groups excluding carboxylic acids is 1. The molecule has 0 radical (unpaired) electrons. The molecule has 3 heteroatoms. The first-order valence-electron chi connectivity index (χ1n) is 9.48. The van der Waals surface area contributed by atoms with Crippen molar-refractivity contribution >= 4 is 5.97 Å². The number of esters is 1. The average Bonchev–Trinajstić information content (AvgIpc) is 2.96. The molecular formula is C19H36O3. The van der Waals surface area contributed by atoms with Crippen LogP contribution in [0.5, 0.6) is 0 Å². The van der Waals surface area contributed by atoms with E-state index in [1.54, 1.807) is 0 Å². The Kier molecular flexibility index (Phi) is 11.4. The van der Waals surface area contributed by atoms with Gasteiger partial charge < -0.3 is 9.47 Å². The predicted molar refractivity (Wildman–Crippen MR) is 91.0 cm³/mol. The quantitative estimate of drug-likeness (QED) is 0.337. The molecule has 0 bridgehead atoms. The molecule has 1 fully saturated rings. The van der Waals surface area contributed by atoms with Crippen LogP contribution in [0.4, 0.5) is 0 Å². The van der Waals surface area contributed by atoms with Gasteiger partial charge in [0.2, 0.25) is 0 Å². The maximum atomic E-state index is 11.2. The Bertz CT molecular complexity index is 278. The van der Waals surface area contributed by atoms with Crippen LogP contribution in [-0.4, -0.2) is 25.3 Å². The second-order valence-electron chi connectivity index (χ2n) is 6.71. The van der Waals surface area contributed by atoms with E-state index >= 15 is 0 Å². The van der Waals surface area contributed by atoms with Gasteiger partial charge in [0.25, 0.3) is 0 Å². The summed E-state index contributed by atoms with van der Waals surface area (Å²) in [4.78, 5) is 11.2. The number of carbonyl (C=O) groups is 1. The van der Waals surface area contributed by atoms with Gasteiger partial charge in [0.15, 0.2) is 0 Å². The minimum Gasteiger partial charge on any atom is -0.469 e. The van der Waals surface area contributed by atoms with Crippen molar-refractivity contribution in [2.45, 2.75) is 109 Å². The van der Waals surface area contributed by atoms with Crippen LogP contribution in [0.3, 0.4) is 0 Å². The molecule has 0 aromatic rings. The Morgan fingerprint density at radius 3 is 2.05 bits per heavy atom. The van der Waals surface area contributed by atoms with Crippen LogP contribution in [-0.2, 0) is 14.3 Å². The molecule has 1 saturated heterocycles. The maximum Gasteiger partial charge on any atom is 0.308 e. The summed E-state index contributed by atoms with van der Waals surface area (Å²) in [5.41, 5.74) is 0. The summed E-state index contributed by atoms with van der Waals surface area (Å²) in [5.74, 6) is -0.149. The smallest absolute Gasteiger partial charge is 0.308 e. The first kappa shape index (κ1) is 19.5. The first-order valence-corrected chi connectivity index (χ1v) is 9.48. The normalized spacial score (nSPS) is 21.2. The lowest BCUT2D eigenvalue weighted by Crippen LogP contribution is -2.16. The molecule has 1 heterocycles. The fourth-order valence-corrected chi connectivity index (χ4v) is 3.27. The van der Waals surface area contributed by atoms with Gasteiger partial charge in [0.1, 0.15) is 0 Å². The Hall–Kier alpha value is -0.570. The van der Waals surface area contributed by atoms with Crippen molar-refractivity contribution in [3.05, 3.63) is 0 Å². The topological polar surface area (TPSA) is 35.5 Å². The Morgan fingerprint density at radius 1 is 0.909 bits per heavy atom. The van der Waals surface area contributed by atoms with Gasteiger partial charge in [-0.1, -0.05) is 71.1 Å². The van der Waals surface area contributed by atoms with E-state index in [1.165, 1.54) is 71.3 Å². The summed E-state index contributed by atoms with van der Waals surface area (Å²) in [6.45, 7) is 2.27. The fourth-order valence-electron chi connectivity index (χ4n) is 3.27. The molecule has 0 amide bonds. The number of hydrogen-bond donors (Lipinski definition) is 0. The molecule has 0 unspecified atom stereocenters. The molecular weight excluding hydrogens is 276 g/mol. The van der Waals surface area contributed by atoms with Gasteiger partial charge in [-0.3, -0.25) is 4.79 Å². The zero-order valence-corrected chi connectivity index (χ0v) is 14.8. The maximum absolute atomic E-state index is 11.2. The van der Waals surface area contributed by atoms with E-state index in [-0.39, 0.29) is 12.1 Å². The molecule has 0 aliphatic carbocycles. The van der Waals surface area contributed by atoms with Crippen molar-refractivity contribution in [3.63, 3.8) is 0 Å². The Labute approximate surface area is 137 Å². The third-order valence-corrected chi connectivity index (χ3v) is 4.70. The molecule has 0 aromatic carbocycles. The van der Waals surface area contributed by atoms with Crippen molar-refractivity contribution < 1.29 is 14.3 Å². The third-order valence-electron chi connectivity index (χ3n) is 4.70. The van der Waals surface area contributed by atoms with Crippen LogP contribution in [0.2, 0.25) is 0 Å². The third kappa shape index (κ3) is 9.45. The lowest BCUT2D eigenvalue weighted by atomic mass is 10.0. The molecule has 3 nitrogen and oxygen atoms in total. The zero-order chi connectivity index (χ0) is 16.0. The second kappa shape index (κ2) is 12.9. The molecule has 130 valence electrons. The van der Waals surface area contributed by atoms with E-state index in [9.17, 15) is 4.79 Å². The van der Waals surface area contributed by atoms with Crippen molar-refractivity contribution in [1.82, 2.24) is 0 Å². The summed E-state index contributed by atoms with van der Waals surface area (Å²) in [5, 5.41) is 0. The zero-order valence-electron chi connectivity index (χ0n) is 14.8. The number of hydrogen-bond acceptors (Lipinski definition) is 3. The SMILES string of the molecule is CCCCCCCCCCCC[C@H]1CC[C@H](CC(=O)OC)O1. The van der Waals surface area contributed by atoms with Crippen LogP contribution < -0.4 is 0 Å². The minimum absolute atomic E-state index is 0.0978. The van der Waals surface area contributed by atoms with E-state index in [2.05, 4.69) is 6.92 Å². The molecule has 0 N–H and O–H groups in total. The number of methoxy groups -OCH3 is 1. The van der Waals surface area contributed by atoms with Gasteiger partial charge >= 0.3 is 5.97 Å². The average molecular weight is 312 g/mol. The highest BCUT2D eigenvalue weighted by Gasteiger charge is 2.26. The predicted octanol–water partition coefficient (Wildman–Crippen LogP) is 5.41. The first-order chi connectivity index (χ1) is 10.8. The summed E-state index contributed by atoms with van der Waals surface area (Å²) >= 11 is 0. The fraction of sp³-hybridized carbons (Fsp3) is 0.947. The molecule has 0 spiro atoms. The van der Waals surface area contributed by atoms with Crippen LogP contribution in [0, 0.1) is 0 Å². The van der Waals surface area contributed by atoms with E-state index < -0.39 is 0 Å². The van der Waals surface area contributed by atoms with Gasteiger partial charge in [-0.05, 0) is 19.3 Å². The summed E-state index contributed by atoms with van der Waals surface area (Å²) < 4.78 is 10.6. The number of unbranched alkanes of at least 4 members (excludes halogenated alkanes) is 9. The molecule has 0 saturated carbocycles. The number of rotatable bonds is 13. The molecule has 22 heavy (non-hydrogen) atoms. The van der Waals surface area contributed by atoms with E-state index in [0.29, 0.717) is 12.5 Å². The molecule has 0 aromatic heterocycles. The van der Waals surface area contributed by atoms with Crippen LogP contribution in [0.15, 0.2) is 0 Å². The van der Waals surface area contributed by atoms with Crippen LogP contribution in [0.25, 0.3) is 0 Å². The number of ether oxygens (including phenoxy) is 2. The van der Waals surface area contributed by atoms with Gasteiger partial charge in [0.05, 0.1) is 25.7 Å². The minimum atomic E-state index is -0.149. The van der Waals surface area contributed by atoms with Gasteiger partial charge in [-0.2, -0.15) is 0 Å². The van der Waals surface area contributed by atoms with Gasteiger partial charge in [0, 0.05) is 0 Å². The Morgan fingerprint density at radius 2 is 1.45 bits per heavy atom. The second-order valence-corrected chi connectivity index (χ2v) is 6.71. The highest BCUT2D eigenvalue weighted by atomic mass is 16.5. The van der Waals surface area contributed by atoms with Gasteiger partial charge in [-0.25, -0.2) is 0 Å². The molecule has 1 aliphatic heterocycles. The van der Waals surface area contributed by atoms with Crippen LogP contribution in [0.1, 0.15) is 96.8 Å². The van der Waals surface area contributed by atoms with E-state index in [1.807, 2.05) is 0 Å². The van der Waals surface area contributed by atoms with E-state index in [0.717, 1.165) is 19.3 Å². The van der Waals surface area contributed by atoms with E-state index in [4.69, 9.17) is 9.47 Å². The summed E-state index contributed by atoms with van der Waals surface area (Å²) in [6.07, 6.45) is 17.9. The Balaban J connectivity index is 1.86. The van der Waals surface area contributed by atoms with Crippen molar-refractivity contribution in [2.24, 2.45) is 0 Å². The monoisotopic (exact) mass is 312 g/mol. The highest BCUT2D eigenvalue weighted by Crippen LogP contribution is 2.26. The largest absolute Gasteiger partial charge is 0.469 e.